The van der Waals surface area contributed by atoms with Crippen molar-refractivity contribution in [3.63, 3.8) is 0 Å². The summed E-state index contributed by atoms with van der Waals surface area (Å²) in [6.45, 7) is 0.371. The molecule has 4 nitrogen and oxygen atoms in total. The summed E-state index contributed by atoms with van der Waals surface area (Å²) in [6, 6.07) is 6.75. The van der Waals surface area contributed by atoms with Crippen molar-refractivity contribution in [2.24, 2.45) is 0 Å². The van der Waals surface area contributed by atoms with Gasteiger partial charge in [-0.15, -0.1) is 0 Å². The van der Waals surface area contributed by atoms with E-state index < -0.39 is 9.84 Å². The third kappa shape index (κ3) is 3.99. The zero-order chi connectivity index (χ0) is 11.5. The summed E-state index contributed by atoms with van der Waals surface area (Å²) in [5.74, 6) is 0. The normalized spacial score (nSPS) is 12.0. The Balaban J connectivity index is 2.84. The number of hydroxylamine groups is 2. The molecule has 0 aliphatic carbocycles. The minimum absolute atomic E-state index is 0.322. The molecular formula is C10H15NO3S. The van der Waals surface area contributed by atoms with E-state index in [0.717, 1.165) is 5.56 Å². The molecule has 1 rings (SSSR count). The zero-order valence-electron chi connectivity index (χ0n) is 9.10. The van der Waals surface area contributed by atoms with Crippen LogP contribution in [0.5, 0.6) is 0 Å². The monoisotopic (exact) mass is 229 g/mol. The topological polar surface area (TPSA) is 46.6 Å². The molecule has 0 bridgehead atoms. The van der Waals surface area contributed by atoms with Crippen LogP contribution in [0.3, 0.4) is 0 Å². The van der Waals surface area contributed by atoms with Crippen molar-refractivity contribution >= 4 is 9.84 Å². The van der Waals surface area contributed by atoms with E-state index in [9.17, 15) is 8.42 Å². The van der Waals surface area contributed by atoms with E-state index in [2.05, 4.69) is 0 Å². The van der Waals surface area contributed by atoms with Crippen LogP contribution in [0.15, 0.2) is 29.2 Å². The van der Waals surface area contributed by atoms with Crippen molar-refractivity contribution in [1.29, 1.82) is 0 Å². The van der Waals surface area contributed by atoms with Gasteiger partial charge < -0.3 is 0 Å². The predicted molar refractivity (Wildman–Crippen MR) is 58.0 cm³/mol. The molecule has 0 spiro atoms. The predicted octanol–water partition coefficient (Wildman–Crippen LogP) is 1.08. The molecule has 0 atom stereocenters. The molecule has 84 valence electrons. The van der Waals surface area contributed by atoms with Crippen molar-refractivity contribution in [2.75, 3.05) is 20.4 Å². The van der Waals surface area contributed by atoms with Gasteiger partial charge in [-0.3, -0.25) is 4.84 Å². The smallest absolute Gasteiger partial charge is 0.175 e. The minimum Gasteiger partial charge on any atom is -0.295 e. The lowest BCUT2D eigenvalue weighted by Crippen LogP contribution is -2.12. The fraction of sp³-hybridized carbons (Fsp3) is 0.400. The second-order valence-corrected chi connectivity index (χ2v) is 5.52. The van der Waals surface area contributed by atoms with Crippen LogP contribution in [0.4, 0.5) is 0 Å². The molecule has 0 heterocycles. The second-order valence-electron chi connectivity index (χ2n) is 3.51. The number of nitrogens with zero attached hydrogens (tertiary/aromatic N) is 1. The van der Waals surface area contributed by atoms with Crippen molar-refractivity contribution in [1.82, 2.24) is 5.06 Å². The highest BCUT2D eigenvalue weighted by Crippen LogP contribution is 2.12. The number of hydrogen-bond donors (Lipinski definition) is 0. The van der Waals surface area contributed by atoms with Gasteiger partial charge in [0, 0.05) is 20.4 Å². The van der Waals surface area contributed by atoms with Crippen LogP contribution in [0.25, 0.3) is 0 Å². The average Bonchev–Trinajstić information content (AvgIpc) is 2.14. The van der Waals surface area contributed by atoms with Gasteiger partial charge in [-0.1, -0.05) is 12.1 Å². The first kappa shape index (κ1) is 12.2. The molecule has 0 amide bonds. The molecule has 0 aliphatic heterocycles. The van der Waals surface area contributed by atoms with Crippen LogP contribution >= 0.6 is 0 Å². The number of hydrogen-bond acceptors (Lipinski definition) is 4. The Morgan fingerprint density at radius 1 is 1.33 bits per heavy atom. The Morgan fingerprint density at radius 2 is 2.00 bits per heavy atom. The fourth-order valence-electron chi connectivity index (χ4n) is 1.07. The standard InChI is InChI=1S/C10H15NO3S/c1-11(2)14-8-9-5-4-6-10(7-9)15(3,12)13/h4-7H,8H2,1-3H3. The highest BCUT2D eigenvalue weighted by atomic mass is 32.2. The van der Waals surface area contributed by atoms with E-state index in [1.807, 2.05) is 6.07 Å². The van der Waals surface area contributed by atoms with E-state index in [4.69, 9.17) is 4.84 Å². The quantitative estimate of drug-likeness (QED) is 0.725. The van der Waals surface area contributed by atoms with Crippen LogP contribution in [0.1, 0.15) is 5.56 Å². The lowest BCUT2D eigenvalue weighted by molar-refractivity contribution is -0.130. The molecule has 15 heavy (non-hydrogen) atoms. The van der Waals surface area contributed by atoms with Gasteiger partial charge in [0.1, 0.15) is 0 Å². The van der Waals surface area contributed by atoms with Crippen molar-refractivity contribution < 1.29 is 13.3 Å². The summed E-state index contributed by atoms with van der Waals surface area (Å²) < 4.78 is 22.5. The Labute approximate surface area is 90.3 Å². The van der Waals surface area contributed by atoms with Crippen LogP contribution in [-0.2, 0) is 21.3 Å². The molecule has 0 unspecified atom stereocenters. The molecule has 0 N–H and O–H groups in total. The van der Waals surface area contributed by atoms with Crippen molar-refractivity contribution in [3.05, 3.63) is 29.8 Å². The number of sulfone groups is 1. The molecule has 1 aromatic rings. The lowest BCUT2D eigenvalue weighted by Gasteiger charge is -2.10. The van der Waals surface area contributed by atoms with E-state index in [-0.39, 0.29) is 0 Å². The first-order chi connectivity index (χ1) is 6.89. The molecular weight excluding hydrogens is 214 g/mol. The molecule has 0 aliphatic rings. The Hall–Kier alpha value is -0.910. The second kappa shape index (κ2) is 4.74. The minimum atomic E-state index is -3.13. The maximum absolute atomic E-state index is 11.3. The Morgan fingerprint density at radius 3 is 2.53 bits per heavy atom. The molecule has 0 fully saturated rings. The molecule has 5 heteroatoms. The van der Waals surface area contributed by atoms with Crippen molar-refractivity contribution in [3.8, 4) is 0 Å². The highest BCUT2D eigenvalue weighted by molar-refractivity contribution is 7.90. The van der Waals surface area contributed by atoms with Gasteiger partial charge >= 0.3 is 0 Å². The maximum Gasteiger partial charge on any atom is 0.175 e. The Kier molecular flexibility index (Phi) is 3.84. The van der Waals surface area contributed by atoms with E-state index in [1.54, 1.807) is 37.4 Å². The molecule has 0 saturated heterocycles. The van der Waals surface area contributed by atoms with Gasteiger partial charge in [0.2, 0.25) is 0 Å². The van der Waals surface area contributed by atoms with Crippen LogP contribution in [-0.4, -0.2) is 33.8 Å². The van der Waals surface area contributed by atoms with E-state index in [1.165, 1.54) is 6.26 Å². The number of benzene rings is 1. The first-order valence-electron chi connectivity index (χ1n) is 4.49. The SMILES string of the molecule is CN(C)OCc1cccc(S(C)(=O)=O)c1. The zero-order valence-corrected chi connectivity index (χ0v) is 9.91. The van der Waals surface area contributed by atoms with Crippen LogP contribution in [0.2, 0.25) is 0 Å². The summed E-state index contributed by atoms with van der Waals surface area (Å²) in [6.07, 6.45) is 1.19. The van der Waals surface area contributed by atoms with Crippen LogP contribution < -0.4 is 0 Å². The third-order valence-electron chi connectivity index (χ3n) is 1.82. The molecule has 0 aromatic heterocycles. The summed E-state index contributed by atoms with van der Waals surface area (Å²) in [5, 5.41) is 1.58. The summed E-state index contributed by atoms with van der Waals surface area (Å²) in [4.78, 5) is 5.56. The van der Waals surface area contributed by atoms with Gasteiger partial charge in [-0.2, -0.15) is 5.06 Å². The van der Waals surface area contributed by atoms with Gasteiger partial charge in [0.05, 0.1) is 11.5 Å². The van der Waals surface area contributed by atoms with E-state index in [0.29, 0.717) is 11.5 Å². The van der Waals surface area contributed by atoms with E-state index >= 15 is 0 Å². The van der Waals surface area contributed by atoms with Gasteiger partial charge in [-0.25, -0.2) is 8.42 Å². The summed E-state index contributed by atoms with van der Waals surface area (Å²) in [5.41, 5.74) is 0.839. The summed E-state index contributed by atoms with van der Waals surface area (Å²) >= 11 is 0. The van der Waals surface area contributed by atoms with Crippen LogP contribution in [0, 0.1) is 0 Å². The number of rotatable bonds is 4. The van der Waals surface area contributed by atoms with Gasteiger partial charge in [0.25, 0.3) is 0 Å². The first-order valence-corrected chi connectivity index (χ1v) is 6.38. The largest absolute Gasteiger partial charge is 0.295 e. The van der Waals surface area contributed by atoms with Gasteiger partial charge in [0.15, 0.2) is 9.84 Å². The molecule has 1 aromatic carbocycles. The maximum atomic E-state index is 11.3. The highest BCUT2D eigenvalue weighted by Gasteiger charge is 2.07. The van der Waals surface area contributed by atoms with Gasteiger partial charge in [-0.05, 0) is 17.7 Å². The summed E-state index contributed by atoms with van der Waals surface area (Å²) in [7, 11) is 0.423. The Bertz CT molecular complexity index is 426. The third-order valence-corrected chi connectivity index (χ3v) is 2.93. The fourth-order valence-corrected chi connectivity index (χ4v) is 1.76. The molecule has 0 radical (unpaired) electrons. The van der Waals surface area contributed by atoms with Crippen molar-refractivity contribution in [2.45, 2.75) is 11.5 Å². The average molecular weight is 229 g/mol. The molecule has 0 saturated carbocycles. The lowest BCUT2D eigenvalue weighted by atomic mass is 10.2.